The van der Waals surface area contributed by atoms with E-state index in [1.807, 2.05) is 12.1 Å². The lowest BCUT2D eigenvalue weighted by Gasteiger charge is -2.31. The van der Waals surface area contributed by atoms with Crippen LogP contribution in [-0.4, -0.2) is 36.3 Å². The minimum Gasteiger partial charge on any atom is -0.382 e. The van der Waals surface area contributed by atoms with E-state index in [1.165, 1.54) is 5.56 Å². The Morgan fingerprint density at radius 2 is 2.04 bits per heavy atom. The number of piperidine rings is 1. The van der Waals surface area contributed by atoms with E-state index in [2.05, 4.69) is 29.2 Å². The maximum atomic E-state index is 12.2. The van der Waals surface area contributed by atoms with Crippen LogP contribution in [0.15, 0.2) is 24.3 Å². The molecule has 0 aromatic heterocycles. The lowest BCUT2D eigenvalue weighted by molar-refractivity contribution is -0.241. The van der Waals surface area contributed by atoms with Gasteiger partial charge in [0.1, 0.15) is 0 Å². The van der Waals surface area contributed by atoms with Gasteiger partial charge in [-0.05, 0) is 37.0 Å². The van der Waals surface area contributed by atoms with E-state index in [1.54, 1.807) is 0 Å². The molecule has 1 aliphatic heterocycles. The normalized spacial score (nSPS) is 17.0. The van der Waals surface area contributed by atoms with Gasteiger partial charge < -0.3 is 10.2 Å². The highest BCUT2D eigenvalue weighted by molar-refractivity contribution is 5.75. The van der Waals surface area contributed by atoms with Gasteiger partial charge in [-0.25, -0.2) is 4.79 Å². The molecule has 1 aliphatic rings. The number of halogens is 3. The van der Waals surface area contributed by atoms with Gasteiger partial charge in [-0.2, -0.15) is 13.2 Å². The van der Waals surface area contributed by atoms with Gasteiger partial charge in [-0.3, -0.25) is 0 Å². The van der Waals surface area contributed by atoms with E-state index >= 15 is 0 Å². The van der Waals surface area contributed by atoms with Crippen molar-refractivity contribution in [3.63, 3.8) is 0 Å². The van der Waals surface area contributed by atoms with Crippen LogP contribution in [0, 0.1) is 0 Å². The molecule has 0 atom stereocenters. The highest BCUT2D eigenvalue weighted by Crippen LogP contribution is 2.21. The fraction of sp³-hybridized carbons (Fsp3) is 0.562. The molecule has 0 bridgehead atoms. The van der Waals surface area contributed by atoms with E-state index in [9.17, 15) is 18.0 Å². The SMILES string of the molecule is CCCc1cccc(NC2CCN(OC(=O)C(F)(F)F)CC2)c1. The summed E-state index contributed by atoms with van der Waals surface area (Å²) in [7, 11) is 0. The number of hydrogen-bond acceptors (Lipinski definition) is 4. The summed E-state index contributed by atoms with van der Waals surface area (Å²) < 4.78 is 36.5. The van der Waals surface area contributed by atoms with Gasteiger partial charge in [0.05, 0.1) is 0 Å². The third kappa shape index (κ3) is 5.42. The Hall–Kier alpha value is -1.76. The number of benzene rings is 1. The first kappa shape index (κ1) is 17.6. The number of hydroxylamine groups is 2. The molecule has 1 saturated heterocycles. The monoisotopic (exact) mass is 330 g/mol. The van der Waals surface area contributed by atoms with Crippen molar-refractivity contribution in [1.82, 2.24) is 5.06 Å². The maximum absolute atomic E-state index is 12.2. The lowest BCUT2D eigenvalue weighted by atomic mass is 10.0. The standard InChI is InChI=1S/C16H21F3N2O2/c1-2-4-12-5-3-6-14(11-12)20-13-7-9-21(10-8-13)23-15(22)16(17,18)19/h3,5-6,11,13,20H,2,4,7-10H2,1H3. The highest BCUT2D eigenvalue weighted by atomic mass is 19.4. The summed E-state index contributed by atoms with van der Waals surface area (Å²) in [5, 5.41) is 4.48. The Morgan fingerprint density at radius 3 is 2.65 bits per heavy atom. The fourth-order valence-corrected chi connectivity index (χ4v) is 2.60. The highest BCUT2D eigenvalue weighted by Gasteiger charge is 2.42. The molecular formula is C16H21F3N2O2. The Kier molecular flexibility index (Phi) is 5.87. The number of nitrogens with zero attached hydrogens (tertiary/aromatic N) is 1. The van der Waals surface area contributed by atoms with E-state index in [-0.39, 0.29) is 19.1 Å². The predicted molar refractivity (Wildman–Crippen MR) is 80.8 cm³/mol. The van der Waals surface area contributed by atoms with Crippen molar-refractivity contribution in [3.05, 3.63) is 29.8 Å². The third-order valence-corrected chi connectivity index (χ3v) is 3.73. The van der Waals surface area contributed by atoms with Crippen LogP contribution in [0.25, 0.3) is 0 Å². The Labute approximate surface area is 133 Å². The second-order valence-electron chi connectivity index (χ2n) is 5.67. The molecule has 0 saturated carbocycles. The first-order valence-corrected chi connectivity index (χ1v) is 7.78. The number of carbonyl (C=O) groups is 1. The molecule has 0 unspecified atom stereocenters. The quantitative estimate of drug-likeness (QED) is 0.897. The molecule has 0 spiro atoms. The number of nitrogens with one attached hydrogen (secondary N) is 1. The first-order valence-electron chi connectivity index (χ1n) is 7.78. The molecule has 1 aromatic rings. The maximum Gasteiger partial charge on any atom is 0.492 e. The van der Waals surface area contributed by atoms with Crippen molar-refractivity contribution in [2.24, 2.45) is 0 Å². The van der Waals surface area contributed by atoms with E-state index in [0.29, 0.717) is 12.8 Å². The average Bonchev–Trinajstić information content (AvgIpc) is 2.49. The van der Waals surface area contributed by atoms with Crippen molar-refractivity contribution in [2.75, 3.05) is 18.4 Å². The summed E-state index contributed by atoms with van der Waals surface area (Å²) in [6, 6.07) is 8.31. The van der Waals surface area contributed by atoms with Crippen molar-refractivity contribution < 1.29 is 22.8 Å². The first-order chi connectivity index (χ1) is 10.9. The third-order valence-electron chi connectivity index (χ3n) is 3.73. The van der Waals surface area contributed by atoms with Gasteiger partial charge in [0, 0.05) is 24.8 Å². The van der Waals surface area contributed by atoms with Gasteiger partial charge in [-0.15, -0.1) is 5.06 Å². The summed E-state index contributed by atoms with van der Waals surface area (Å²) in [4.78, 5) is 15.1. The number of alkyl halides is 3. The minimum absolute atomic E-state index is 0.160. The van der Waals surface area contributed by atoms with Crippen LogP contribution in [0.1, 0.15) is 31.7 Å². The van der Waals surface area contributed by atoms with E-state index in [0.717, 1.165) is 23.6 Å². The molecule has 1 heterocycles. The van der Waals surface area contributed by atoms with Gasteiger partial charge in [0.25, 0.3) is 0 Å². The molecule has 4 nitrogen and oxygen atoms in total. The molecule has 1 N–H and O–H groups in total. The molecule has 0 radical (unpaired) electrons. The predicted octanol–water partition coefficient (Wildman–Crippen LogP) is 3.54. The largest absolute Gasteiger partial charge is 0.492 e. The summed E-state index contributed by atoms with van der Waals surface area (Å²) >= 11 is 0. The second kappa shape index (κ2) is 7.68. The molecule has 1 aromatic carbocycles. The summed E-state index contributed by atoms with van der Waals surface area (Å²) in [6.45, 7) is 2.69. The zero-order valence-electron chi connectivity index (χ0n) is 13.0. The fourth-order valence-electron chi connectivity index (χ4n) is 2.60. The molecule has 7 heteroatoms. The van der Waals surface area contributed by atoms with Crippen LogP contribution in [0.2, 0.25) is 0 Å². The van der Waals surface area contributed by atoms with Crippen molar-refractivity contribution >= 4 is 11.7 Å². The lowest BCUT2D eigenvalue weighted by Crippen LogP contribution is -2.42. The number of rotatable bonds is 5. The van der Waals surface area contributed by atoms with Crippen LogP contribution in [-0.2, 0) is 16.1 Å². The minimum atomic E-state index is -4.95. The molecule has 23 heavy (non-hydrogen) atoms. The summed E-state index contributed by atoms with van der Waals surface area (Å²) in [6.07, 6.45) is -1.63. The van der Waals surface area contributed by atoms with Crippen LogP contribution in [0.3, 0.4) is 0 Å². The van der Waals surface area contributed by atoms with Crippen LogP contribution in [0.4, 0.5) is 18.9 Å². The second-order valence-corrected chi connectivity index (χ2v) is 5.67. The van der Waals surface area contributed by atoms with Crippen LogP contribution in [0.5, 0.6) is 0 Å². The number of aryl methyl sites for hydroxylation is 1. The summed E-state index contributed by atoms with van der Waals surface area (Å²) in [5.74, 6) is -2.16. The van der Waals surface area contributed by atoms with Crippen LogP contribution < -0.4 is 5.32 Å². The van der Waals surface area contributed by atoms with Crippen LogP contribution >= 0.6 is 0 Å². The average molecular weight is 330 g/mol. The van der Waals surface area contributed by atoms with E-state index in [4.69, 9.17) is 0 Å². The molecule has 0 amide bonds. The Bertz CT molecular complexity index is 526. The van der Waals surface area contributed by atoms with E-state index < -0.39 is 12.1 Å². The number of hydrogen-bond donors (Lipinski definition) is 1. The molecule has 0 aliphatic carbocycles. The number of anilines is 1. The summed E-state index contributed by atoms with van der Waals surface area (Å²) in [5.41, 5.74) is 2.27. The van der Waals surface area contributed by atoms with Crippen molar-refractivity contribution in [2.45, 2.75) is 44.8 Å². The van der Waals surface area contributed by atoms with Gasteiger partial charge in [0.15, 0.2) is 0 Å². The van der Waals surface area contributed by atoms with Crippen molar-refractivity contribution in [1.29, 1.82) is 0 Å². The molecular weight excluding hydrogens is 309 g/mol. The van der Waals surface area contributed by atoms with Gasteiger partial charge in [0.2, 0.25) is 0 Å². The smallest absolute Gasteiger partial charge is 0.382 e. The molecule has 2 rings (SSSR count). The van der Waals surface area contributed by atoms with Gasteiger partial charge in [-0.1, -0.05) is 25.5 Å². The Morgan fingerprint density at radius 1 is 1.35 bits per heavy atom. The van der Waals surface area contributed by atoms with Gasteiger partial charge >= 0.3 is 12.1 Å². The Balaban J connectivity index is 1.81. The zero-order chi connectivity index (χ0) is 16.9. The zero-order valence-corrected chi connectivity index (χ0v) is 13.0. The molecule has 1 fully saturated rings. The van der Waals surface area contributed by atoms with Crippen molar-refractivity contribution in [3.8, 4) is 0 Å². The topological polar surface area (TPSA) is 41.6 Å². The molecule has 128 valence electrons. The number of carbonyl (C=O) groups excluding carboxylic acids is 1.